The highest BCUT2D eigenvalue weighted by atomic mass is 32.2. The molecule has 0 heterocycles. The third-order valence-corrected chi connectivity index (χ3v) is 5.79. The van der Waals surface area contributed by atoms with Crippen LogP contribution < -0.4 is 10.6 Å². The lowest BCUT2D eigenvalue weighted by Crippen LogP contribution is -2.42. The van der Waals surface area contributed by atoms with E-state index >= 15 is 0 Å². The van der Waals surface area contributed by atoms with Crippen molar-refractivity contribution in [2.45, 2.75) is 51.5 Å². The smallest absolute Gasteiger partial charge is 0.225 e. The third kappa shape index (κ3) is 6.42. The summed E-state index contributed by atoms with van der Waals surface area (Å²) >= 11 is 0. The molecule has 0 atom stereocenters. The Labute approximate surface area is 155 Å². The van der Waals surface area contributed by atoms with Crippen LogP contribution in [0.25, 0.3) is 0 Å². The maximum absolute atomic E-state index is 12.2. The van der Waals surface area contributed by atoms with Crippen LogP contribution in [0, 0.1) is 0 Å². The van der Waals surface area contributed by atoms with Gasteiger partial charge < -0.3 is 10.6 Å². The van der Waals surface area contributed by atoms with Gasteiger partial charge in [0.05, 0.1) is 6.26 Å². The fourth-order valence-corrected chi connectivity index (χ4v) is 4.44. The van der Waals surface area contributed by atoms with Gasteiger partial charge in [0.25, 0.3) is 0 Å². The number of amides is 2. The van der Waals surface area contributed by atoms with E-state index in [0.29, 0.717) is 11.4 Å². The molecule has 1 aromatic rings. The highest BCUT2D eigenvalue weighted by Crippen LogP contribution is 2.24. The topological polar surface area (TPSA) is 95.6 Å². The van der Waals surface area contributed by atoms with E-state index in [2.05, 4.69) is 10.6 Å². The van der Waals surface area contributed by atoms with E-state index < -0.39 is 10.0 Å². The fraction of sp³-hybridized carbons (Fsp3) is 0.556. The Bertz CT molecular complexity index is 725. The molecule has 1 saturated carbocycles. The second-order valence-electron chi connectivity index (χ2n) is 6.72. The minimum atomic E-state index is -3.34. The summed E-state index contributed by atoms with van der Waals surface area (Å²) in [6.07, 6.45) is 6.24. The van der Waals surface area contributed by atoms with Gasteiger partial charge in [-0.1, -0.05) is 19.3 Å². The maximum Gasteiger partial charge on any atom is 0.225 e. The minimum Gasteiger partial charge on any atom is -0.326 e. The molecule has 0 spiro atoms. The van der Waals surface area contributed by atoms with Gasteiger partial charge in [0, 0.05) is 37.3 Å². The van der Waals surface area contributed by atoms with E-state index in [1.807, 2.05) is 0 Å². The first kappa shape index (κ1) is 20.4. The number of anilines is 2. The van der Waals surface area contributed by atoms with Crippen molar-refractivity contribution in [2.24, 2.45) is 0 Å². The summed E-state index contributed by atoms with van der Waals surface area (Å²) in [5.74, 6) is -0.396. The van der Waals surface area contributed by atoms with Crippen LogP contribution in [0.3, 0.4) is 0 Å². The Kier molecular flexibility index (Phi) is 7.16. The Balaban J connectivity index is 1.90. The van der Waals surface area contributed by atoms with Crippen LogP contribution in [0.1, 0.15) is 45.4 Å². The van der Waals surface area contributed by atoms with Crippen LogP contribution in [0.5, 0.6) is 0 Å². The number of nitrogens with one attached hydrogen (secondary N) is 2. The highest BCUT2D eigenvalue weighted by molar-refractivity contribution is 7.88. The first-order chi connectivity index (χ1) is 12.3. The fourth-order valence-electron chi connectivity index (χ4n) is 3.26. The van der Waals surface area contributed by atoms with E-state index in [4.69, 9.17) is 0 Å². The van der Waals surface area contributed by atoms with Crippen molar-refractivity contribution in [3.05, 3.63) is 24.3 Å². The number of benzene rings is 1. The number of hydrogen-bond acceptors (Lipinski definition) is 4. The molecule has 2 amide bonds. The zero-order chi connectivity index (χ0) is 19.2. The van der Waals surface area contributed by atoms with Gasteiger partial charge in [-0.05, 0) is 37.1 Å². The molecule has 0 bridgehead atoms. The third-order valence-electron chi connectivity index (χ3n) is 4.46. The van der Waals surface area contributed by atoms with Crippen molar-refractivity contribution in [1.29, 1.82) is 0 Å². The number of sulfonamides is 1. The molecule has 7 nitrogen and oxygen atoms in total. The van der Waals surface area contributed by atoms with Crippen molar-refractivity contribution in [2.75, 3.05) is 23.4 Å². The maximum atomic E-state index is 12.2. The van der Waals surface area contributed by atoms with Crippen molar-refractivity contribution >= 4 is 33.2 Å². The molecule has 0 radical (unpaired) electrons. The SMILES string of the molecule is CC(=O)Nc1ccc(NC(=O)CCN(C2CCCCC2)S(C)(=O)=O)cc1. The summed E-state index contributed by atoms with van der Waals surface area (Å²) in [6.45, 7) is 1.62. The molecule has 1 aliphatic rings. The van der Waals surface area contributed by atoms with Crippen LogP contribution >= 0.6 is 0 Å². The Morgan fingerprint density at radius 3 is 2.08 bits per heavy atom. The predicted octanol–water partition coefficient (Wildman–Crippen LogP) is 2.57. The second-order valence-corrected chi connectivity index (χ2v) is 8.66. The number of nitrogens with zero attached hydrogens (tertiary/aromatic N) is 1. The summed E-state index contributed by atoms with van der Waals surface area (Å²) in [7, 11) is -3.34. The van der Waals surface area contributed by atoms with Crippen LogP contribution in [-0.4, -0.2) is 43.4 Å². The van der Waals surface area contributed by atoms with E-state index in [1.165, 1.54) is 17.5 Å². The summed E-state index contributed by atoms with van der Waals surface area (Å²) in [5.41, 5.74) is 1.25. The average Bonchev–Trinajstić information content (AvgIpc) is 2.56. The van der Waals surface area contributed by atoms with Gasteiger partial charge in [-0.25, -0.2) is 8.42 Å². The van der Waals surface area contributed by atoms with Crippen molar-refractivity contribution < 1.29 is 18.0 Å². The second kappa shape index (κ2) is 9.14. The molecular formula is C18H27N3O4S. The largest absolute Gasteiger partial charge is 0.326 e. The van der Waals surface area contributed by atoms with Gasteiger partial charge >= 0.3 is 0 Å². The molecule has 26 heavy (non-hydrogen) atoms. The summed E-state index contributed by atoms with van der Waals surface area (Å²) in [4.78, 5) is 23.2. The number of hydrogen-bond donors (Lipinski definition) is 2. The van der Waals surface area contributed by atoms with Crippen LogP contribution in [0.2, 0.25) is 0 Å². The Morgan fingerprint density at radius 2 is 1.58 bits per heavy atom. The molecular weight excluding hydrogens is 354 g/mol. The first-order valence-electron chi connectivity index (χ1n) is 8.90. The average molecular weight is 381 g/mol. The molecule has 0 unspecified atom stereocenters. The Hall–Kier alpha value is -1.93. The van der Waals surface area contributed by atoms with Crippen LogP contribution in [0.4, 0.5) is 11.4 Å². The molecule has 1 aliphatic carbocycles. The van der Waals surface area contributed by atoms with Crippen molar-refractivity contribution in [3.63, 3.8) is 0 Å². The predicted molar refractivity (Wildman–Crippen MR) is 102 cm³/mol. The molecule has 2 N–H and O–H groups in total. The standard InChI is InChI=1S/C18H27N3O4S/c1-14(22)19-15-8-10-16(11-9-15)20-18(23)12-13-21(26(2,24)25)17-6-4-3-5-7-17/h8-11,17H,3-7,12-13H2,1-2H3,(H,19,22)(H,20,23). The Morgan fingerprint density at radius 1 is 1.04 bits per heavy atom. The monoisotopic (exact) mass is 381 g/mol. The van der Waals surface area contributed by atoms with Gasteiger partial charge in [0.15, 0.2) is 0 Å². The summed E-state index contributed by atoms with van der Waals surface area (Å²) < 4.78 is 25.7. The molecule has 0 saturated heterocycles. The quantitative estimate of drug-likeness (QED) is 0.759. The lowest BCUT2D eigenvalue weighted by molar-refractivity contribution is -0.116. The first-order valence-corrected chi connectivity index (χ1v) is 10.7. The van der Waals surface area contributed by atoms with Crippen LogP contribution in [0.15, 0.2) is 24.3 Å². The lowest BCUT2D eigenvalue weighted by atomic mass is 9.95. The number of carbonyl (C=O) groups excluding carboxylic acids is 2. The zero-order valence-electron chi connectivity index (χ0n) is 15.3. The van der Waals surface area contributed by atoms with Crippen LogP contribution in [-0.2, 0) is 19.6 Å². The highest BCUT2D eigenvalue weighted by Gasteiger charge is 2.28. The number of rotatable bonds is 7. The van der Waals surface area contributed by atoms with Gasteiger partial charge in [0.2, 0.25) is 21.8 Å². The van der Waals surface area contributed by atoms with E-state index in [1.54, 1.807) is 24.3 Å². The van der Waals surface area contributed by atoms with E-state index in [9.17, 15) is 18.0 Å². The normalized spacial score (nSPS) is 15.7. The molecule has 144 valence electrons. The van der Waals surface area contributed by atoms with E-state index in [0.717, 1.165) is 32.1 Å². The lowest BCUT2D eigenvalue weighted by Gasteiger charge is -2.32. The molecule has 1 aromatic carbocycles. The van der Waals surface area contributed by atoms with Crippen molar-refractivity contribution in [1.82, 2.24) is 4.31 Å². The van der Waals surface area contributed by atoms with Crippen molar-refractivity contribution in [3.8, 4) is 0 Å². The van der Waals surface area contributed by atoms with Gasteiger partial charge in [0.1, 0.15) is 0 Å². The van der Waals surface area contributed by atoms with Gasteiger partial charge in [-0.15, -0.1) is 0 Å². The molecule has 8 heteroatoms. The molecule has 1 fully saturated rings. The minimum absolute atomic E-state index is 0.00323. The molecule has 0 aliphatic heterocycles. The zero-order valence-corrected chi connectivity index (χ0v) is 16.1. The summed E-state index contributed by atoms with van der Waals surface area (Å²) in [6, 6.07) is 6.78. The van der Waals surface area contributed by atoms with E-state index in [-0.39, 0.29) is 30.8 Å². The van der Waals surface area contributed by atoms with Gasteiger partial charge in [-0.2, -0.15) is 4.31 Å². The van der Waals surface area contributed by atoms with Gasteiger partial charge in [-0.3, -0.25) is 9.59 Å². The molecule has 2 rings (SSSR count). The summed E-state index contributed by atoms with van der Waals surface area (Å²) in [5, 5.41) is 5.41. The number of carbonyl (C=O) groups is 2. The molecule has 0 aromatic heterocycles.